The van der Waals surface area contributed by atoms with Crippen LogP contribution in [0.15, 0.2) is 29.6 Å². The highest BCUT2D eigenvalue weighted by Crippen LogP contribution is 2.31. The third-order valence-corrected chi connectivity index (χ3v) is 11.2. The highest BCUT2D eigenvalue weighted by atomic mass is 35.5. The molecule has 42 heavy (non-hydrogen) atoms. The van der Waals surface area contributed by atoms with Gasteiger partial charge in [0.1, 0.15) is 17.8 Å². The monoisotopic (exact) mass is 620 g/mol. The molecule has 1 N–H and O–H groups in total. The Labute approximate surface area is 255 Å². The molecular formula is C30H45ClN6O4S. The molecule has 0 saturated carbocycles. The van der Waals surface area contributed by atoms with E-state index in [1.807, 2.05) is 17.9 Å². The molecule has 0 radical (unpaired) electrons. The van der Waals surface area contributed by atoms with E-state index in [4.69, 9.17) is 16.3 Å². The molecule has 1 aromatic heterocycles. The zero-order valence-electron chi connectivity index (χ0n) is 25.0. The summed E-state index contributed by atoms with van der Waals surface area (Å²) in [6.45, 7) is 5.69. The number of amides is 1. The van der Waals surface area contributed by atoms with Crippen LogP contribution in [0.25, 0.3) is 0 Å². The number of hydrogen-bond acceptors (Lipinski definition) is 8. The number of piperidine rings is 2. The Balaban J connectivity index is 1.10. The lowest BCUT2D eigenvalue weighted by Crippen LogP contribution is -2.52. The minimum atomic E-state index is -3.17. The van der Waals surface area contributed by atoms with Gasteiger partial charge in [0.15, 0.2) is 0 Å². The van der Waals surface area contributed by atoms with E-state index in [1.54, 1.807) is 7.05 Å². The maximum Gasteiger partial charge on any atom is 0.272 e. The molecule has 0 spiro atoms. The number of allylic oxidation sites excluding steroid dienone is 3. The van der Waals surface area contributed by atoms with Gasteiger partial charge in [-0.15, -0.1) is 0 Å². The van der Waals surface area contributed by atoms with Crippen molar-refractivity contribution in [2.75, 3.05) is 51.3 Å². The van der Waals surface area contributed by atoms with E-state index in [1.165, 1.54) is 16.9 Å². The second-order valence-corrected chi connectivity index (χ2v) is 14.7. The van der Waals surface area contributed by atoms with Crippen molar-refractivity contribution < 1.29 is 17.9 Å². The van der Waals surface area contributed by atoms with Crippen LogP contribution in [0.4, 0.5) is 5.82 Å². The summed E-state index contributed by atoms with van der Waals surface area (Å²) in [5.41, 5.74) is 1.22. The Morgan fingerprint density at radius 2 is 1.86 bits per heavy atom. The average Bonchev–Trinajstić information content (AvgIpc) is 3.00. The SMILES string of the molecule is Cc1c(NC[C@H]2CCC[C@@H](C3C=CC(Cl)=CC3)O2)ncnc1C(=O)N1CCC(N2CCC(N(C)S(C)(=O)=O)CC2)CC1. The third-order valence-electron chi connectivity index (χ3n) is 9.54. The molecule has 3 fully saturated rings. The zero-order chi connectivity index (χ0) is 29.9. The van der Waals surface area contributed by atoms with Crippen LogP contribution in [0, 0.1) is 12.8 Å². The largest absolute Gasteiger partial charge is 0.373 e. The van der Waals surface area contributed by atoms with Crippen molar-refractivity contribution in [1.82, 2.24) is 24.1 Å². The molecule has 5 rings (SSSR count). The first-order valence-corrected chi connectivity index (χ1v) is 17.5. The number of aromatic nitrogens is 2. The topological polar surface area (TPSA) is 108 Å². The number of rotatable bonds is 8. The Morgan fingerprint density at radius 3 is 2.52 bits per heavy atom. The molecule has 1 amide bonds. The van der Waals surface area contributed by atoms with Gasteiger partial charge in [-0.05, 0) is 77.5 Å². The van der Waals surface area contributed by atoms with Gasteiger partial charge in [-0.25, -0.2) is 22.7 Å². The Morgan fingerprint density at radius 1 is 1.12 bits per heavy atom. The summed E-state index contributed by atoms with van der Waals surface area (Å²) in [6, 6.07) is 0.484. The molecule has 0 bridgehead atoms. The number of likely N-dealkylation sites (tertiary alicyclic amines) is 2. The van der Waals surface area contributed by atoms with Crippen molar-refractivity contribution in [1.29, 1.82) is 0 Å². The maximum atomic E-state index is 13.5. The standard InChI is InChI=1S/C30H45ClN6O4S/c1-21-28(30(38)37-17-13-25(14-18-37)36-15-11-24(12-16-36)35(2)42(3,39)40)33-20-34-29(21)32-19-26-5-4-6-27(41-26)22-7-9-23(31)10-8-22/h7,9-10,20,22,24-27H,4-6,8,11-19H2,1-3H3,(H,32,33,34)/t22?,26-,27+/m1/s1. The Bertz CT molecular complexity index is 1270. The molecule has 1 aromatic rings. The first kappa shape index (κ1) is 31.4. The van der Waals surface area contributed by atoms with E-state index in [-0.39, 0.29) is 24.2 Å². The van der Waals surface area contributed by atoms with E-state index in [0.717, 1.165) is 75.1 Å². The summed E-state index contributed by atoms with van der Waals surface area (Å²) in [5.74, 6) is 0.996. The zero-order valence-corrected chi connectivity index (χ0v) is 26.6. The minimum Gasteiger partial charge on any atom is -0.373 e. The van der Waals surface area contributed by atoms with Crippen molar-refractivity contribution in [2.24, 2.45) is 5.92 Å². The normalized spacial score (nSPS) is 26.8. The van der Waals surface area contributed by atoms with Gasteiger partial charge < -0.3 is 19.9 Å². The number of nitrogens with one attached hydrogen (secondary N) is 1. The molecular weight excluding hydrogens is 576 g/mol. The van der Waals surface area contributed by atoms with Crippen molar-refractivity contribution in [3.8, 4) is 0 Å². The molecule has 1 aliphatic carbocycles. The second-order valence-electron chi connectivity index (χ2n) is 12.2. The number of sulfonamides is 1. The second kappa shape index (κ2) is 13.7. The van der Waals surface area contributed by atoms with Crippen molar-refractivity contribution in [3.05, 3.63) is 40.8 Å². The van der Waals surface area contributed by atoms with E-state index in [2.05, 4.69) is 32.3 Å². The van der Waals surface area contributed by atoms with Crippen LogP contribution in [-0.4, -0.2) is 109 Å². The summed E-state index contributed by atoms with van der Waals surface area (Å²) >= 11 is 6.10. The van der Waals surface area contributed by atoms with E-state index < -0.39 is 10.0 Å². The van der Waals surface area contributed by atoms with Gasteiger partial charge in [0.05, 0.1) is 18.5 Å². The molecule has 10 nitrogen and oxygen atoms in total. The van der Waals surface area contributed by atoms with Crippen LogP contribution in [0.2, 0.25) is 0 Å². The molecule has 3 atom stereocenters. The highest BCUT2D eigenvalue weighted by Gasteiger charge is 2.33. The number of halogens is 1. The lowest BCUT2D eigenvalue weighted by Gasteiger charge is -2.43. The third kappa shape index (κ3) is 7.53. The Hall–Kier alpha value is -2.05. The Kier molecular flexibility index (Phi) is 10.2. The van der Waals surface area contributed by atoms with Gasteiger partial charge in [-0.2, -0.15) is 0 Å². The van der Waals surface area contributed by atoms with Gasteiger partial charge in [-0.3, -0.25) is 4.79 Å². The fraction of sp³-hybridized carbons (Fsp3) is 0.700. The van der Waals surface area contributed by atoms with Gasteiger partial charge in [0.25, 0.3) is 5.91 Å². The molecule has 232 valence electrons. The molecule has 3 saturated heterocycles. The fourth-order valence-corrected chi connectivity index (χ4v) is 7.72. The fourth-order valence-electron chi connectivity index (χ4n) is 6.81. The first-order valence-electron chi connectivity index (χ1n) is 15.3. The maximum absolute atomic E-state index is 13.5. The number of ether oxygens (including phenoxy) is 1. The molecule has 3 aliphatic heterocycles. The van der Waals surface area contributed by atoms with E-state index in [0.29, 0.717) is 43.1 Å². The number of carbonyl (C=O) groups excluding carboxylic acids is 1. The predicted molar refractivity (Wildman–Crippen MR) is 165 cm³/mol. The van der Waals surface area contributed by atoms with Crippen LogP contribution in [0.3, 0.4) is 0 Å². The summed E-state index contributed by atoms with van der Waals surface area (Å²) in [7, 11) is -1.49. The number of carbonyl (C=O) groups is 1. The smallest absolute Gasteiger partial charge is 0.272 e. The minimum absolute atomic E-state index is 0.0466. The average molecular weight is 621 g/mol. The summed E-state index contributed by atoms with van der Waals surface area (Å²) in [5, 5.41) is 4.23. The van der Waals surface area contributed by atoms with Crippen molar-refractivity contribution in [3.63, 3.8) is 0 Å². The van der Waals surface area contributed by atoms with Gasteiger partial charge in [0, 0.05) is 55.3 Å². The van der Waals surface area contributed by atoms with Gasteiger partial charge in [-0.1, -0.05) is 23.8 Å². The quantitative estimate of drug-likeness (QED) is 0.468. The van der Waals surface area contributed by atoms with Crippen LogP contribution in [0.1, 0.15) is 67.4 Å². The predicted octanol–water partition coefficient (Wildman–Crippen LogP) is 3.79. The summed E-state index contributed by atoms with van der Waals surface area (Å²) in [4.78, 5) is 26.7. The number of nitrogens with zero attached hydrogens (tertiary/aromatic N) is 5. The molecule has 0 aromatic carbocycles. The van der Waals surface area contributed by atoms with E-state index in [9.17, 15) is 13.2 Å². The summed E-state index contributed by atoms with van der Waals surface area (Å²) < 4.78 is 31.8. The molecule has 1 unspecified atom stereocenters. The number of hydrogen-bond donors (Lipinski definition) is 1. The van der Waals surface area contributed by atoms with Gasteiger partial charge >= 0.3 is 0 Å². The molecule has 4 heterocycles. The molecule has 4 aliphatic rings. The van der Waals surface area contributed by atoms with Crippen LogP contribution in [-0.2, 0) is 14.8 Å². The highest BCUT2D eigenvalue weighted by molar-refractivity contribution is 7.88. The van der Waals surface area contributed by atoms with Crippen LogP contribution < -0.4 is 5.32 Å². The number of anilines is 1. The molecule has 12 heteroatoms. The van der Waals surface area contributed by atoms with Crippen molar-refractivity contribution in [2.45, 2.75) is 82.6 Å². The van der Waals surface area contributed by atoms with Crippen LogP contribution >= 0.6 is 11.6 Å². The van der Waals surface area contributed by atoms with Gasteiger partial charge in [0.2, 0.25) is 10.0 Å². The van der Waals surface area contributed by atoms with Crippen molar-refractivity contribution >= 4 is 33.3 Å². The summed E-state index contributed by atoms with van der Waals surface area (Å²) in [6.07, 6.45) is 16.8. The first-order chi connectivity index (χ1) is 20.1. The van der Waals surface area contributed by atoms with Crippen LogP contribution in [0.5, 0.6) is 0 Å². The lowest BCUT2D eigenvalue weighted by atomic mass is 9.89. The van der Waals surface area contributed by atoms with E-state index >= 15 is 0 Å². The lowest BCUT2D eigenvalue weighted by molar-refractivity contribution is -0.0615.